The first kappa shape index (κ1) is 13.4. The molecule has 5 heteroatoms. The van der Waals surface area contributed by atoms with E-state index in [0.29, 0.717) is 10.0 Å². The van der Waals surface area contributed by atoms with E-state index in [1.54, 1.807) is 12.1 Å². The second-order valence-corrected chi connectivity index (χ2v) is 4.69. The number of carbonyl (C=O) groups excluding carboxylic acids is 1. The van der Waals surface area contributed by atoms with Crippen LogP contribution in [-0.2, 0) is 0 Å². The standard InChI is InChI=1S/C14H8BrFN2O/c15-13-7-10(16)1-2-11(13)14(19)12(8-17)9-3-5-18-6-4-9/h1-7,12H. The predicted octanol–water partition coefficient (Wildman–Crippen LogP) is 3.47. The van der Waals surface area contributed by atoms with Crippen molar-refractivity contribution in [2.45, 2.75) is 5.92 Å². The van der Waals surface area contributed by atoms with E-state index < -0.39 is 11.7 Å². The largest absolute Gasteiger partial charge is 0.292 e. The minimum atomic E-state index is -0.926. The van der Waals surface area contributed by atoms with Crippen molar-refractivity contribution in [3.8, 4) is 6.07 Å². The van der Waals surface area contributed by atoms with Crippen LogP contribution in [0.15, 0.2) is 47.2 Å². The van der Waals surface area contributed by atoms with Gasteiger partial charge in [0.15, 0.2) is 5.78 Å². The molecule has 19 heavy (non-hydrogen) atoms. The van der Waals surface area contributed by atoms with Gasteiger partial charge in [-0.2, -0.15) is 5.26 Å². The van der Waals surface area contributed by atoms with Gasteiger partial charge in [0.1, 0.15) is 11.7 Å². The average molecular weight is 319 g/mol. The Morgan fingerprint density at radius 3 is 2.58 bits per heavy atom. The van der Waals surface area contributed by atoms with E-state index in [9.17, 15) is 14.4 Å². The lowest BCUT2D eigenvalue weighted by atomic mass is 9.92. The van der Waals surface area contributed by atoms with E-state index in [4.69, 9.17) is 0 Å². The summed E-state index contributed by atoms with van der Waals surface area (Å²) in [4.78, 5) is 16.2. The molecule has 1 heterocycles. The average Bonchev–Trinajstić information content (AvgIpc) is 2.40. The number of aromatic nitrogens is 1. The Labute approximate surface area is 117 Å². The van der Waals surface area contributed by atoms with Gasteiger partial charge < -0.3 is 0 Å². The van der Waals surface area contributed by atoms with E-state index in [-0.39, 0.29) is 11.3 Å². The number of nitrogens with zero attached hydrogens (tertiary/aromatic N) is 2. The van der Waals surface area contributed by atoms with E-state index in [1.165, 1.54) is 30.6 Å². The van der Waals surface area contributed by atoms with Crippen LogP contribution in [0.5, 0.6) is 0 Å². The summed E-state index contributed by atoms with van der Waals surface area (Å²) in [6, 6.07) is 8.96. The number of benzene rings is 1. The zero-order valence-electron chi connectivity index (χ0n) is 9.68. The summed E-state index contributed by atoms with van der Waals surface area (Å²) in [6.45, 7) is 0. The maximum absolute atomic E-state index is 13.0. The summed E-state index contributed by atoms with van der Waals surface area (Å²) in [5.74, 6) is -1.74. The van der Waals surface area contributed by atoms with Crippen LogP contribution in [0.25, 0.3) is 0 Å². The minimum Gasteiger partial charge on any atom is -0.292 e. The molecule has 1 aromatic carbocycles. The fraction of sp³-hybridized carbons (Fsp3) is 0.0714. The summed E-state index contributed by atoms with van der Waals surface area (Å²) >= 11 is 3.14. The Hall–Kier alpha value is -2.06. The molecule has 0 radical (unpaired) electrons. The molecule has 1 unspecified atom stereocenters. The molecule has 0 spiro atoms. The normalized spacial score (nSPS) is 11.6. The molecule has 1 aromatic heterocycles. The Bertz CT molecular complexity index is 652. The maximum Gasteiger partial charge on any atom is 0.185 e. The minimum absolute atomic E-state index is 0.282. The van der Waals surface area contributed by atoms with Gasteiger partial charge in [-0.05, 0) is 51.8 Å². The van der Waals surface area contributed by atoms with Gasteiger partial charge in [0.2, 0.25) is 0 Å². The molecular weight excluding hydrogens is 311 g/mol. The highest BCUT2D eigenvalue weighted by Gasteiger charge is 2.23. The van der Waals surface area contributed by atoms with Crippen LogP contribution in [0.1, 0.15) is 21.8 Å². The summed E-state index contributed by atoms with van der Waals surface area (Å²) in [6.07, 6.45) is 3.04. The van der Waals surface area contributed by atoms with Crippen LogP contribution < -0.4 is 0 Å². The molecule has 0 saturated heterocycles. The summed E-state index contributed by atoms with van der Waals surface area (Å²) in [7, 11) is 0. The molecule has 0 amide bonds. The lowest BCUT2D eigenvalue weighted by Crippen LogP contribution is -2.12. The number of ketones is 1. The third-order valence-electron chi connectivity index (χ3n) is 2.63. The molecule has 1 atom stereocenters. The van der Waals surface area contributed by atoms with Crippen molar-refractivity contribution in [1.82, 2.24) is 4.98 Å². The zero-order valence-corrected chi connectivity index (χ0v) is 11.3. The van der Waals surface area contributed by atoms with Gasteiger partial charge in [0.05, 0.1) is 6.07 Å². The summed E-state index contributed by atoms with van der Waals surface area (Å²) < 4.78 is 13.3. The Morgan fingerprint density at radius 1 is 1.32 bits per heavy atom. The van der Waals surface area contributed by atoms with E-state index in [0.717, 1.165) is 0 Å². The second kappa shape index (κ2) is 5.72. The lowest BCUT2D eigenvalue weighted by molar-refractivity contribution is 0.0978. The molecule has 0 bridgehead atoms. The molecule has 0 aliphatic carbocycles. The number of carbonyl (C=O) groups is 1. The molecule has 0 aliphatic heterocycles. The summed E-state index contributed by atoms with van der Waals surface area (Å²) in [5.41, 5.74) is 0.850. The smallest absolute Gasteiger partial charge is 0.185 e. The highest BCUT2D eigenvalue weighted by molar-refractivity contribution is 9.10. The van der Waals surface area contributed by atoms with Crippen molar-refractivity contribution in [3.05, 3.63) is 64.1 Å². The third-order valence-corrected chi connectivity index (χ3v) is 3.28. The van der Waals surface area contributed by atoms with Crippen molar-refractivity contribution in [3.63, 3.8) is 0 Å². The second-order valence-electron chi connectivity index (χ2n) is 3.83. The lowest BCUT2D eigenvalue weighted by Gasteiger charge is -2.09. The number of nitriles is 1. The first-order valence-electron chi connectivity index (χ1n) is 5.42. The Kier molecular flexibility index (Phi) is 4.03. The van der Waals surface area contributed by atoms with Crippen molar-refractivity contribution < 1.29 is 9.18 Å². The first-order chi connectivity index (χ1) is 9.13. The first-order valence-corrected chi connectivity index (χ1v) is 6.21. The van der Waals surface area contributed by atoms with Crippen molar-refractivity contribution in [1.29, 1.82) is 5.26 Å². The fourth-order valence-electron chi connectivity index (χ4n) is 1.69. The molecule has 0 N–H and O–H groups in total. The Morgan fingerprint density at radius 2 is 2.00 bits per heavy atom. The van der Waals surface area contributed by atoms with E-state index >= 15 is 0 Å². The van der Waals surface area contributed by atoms with E-state index in [1.807, 2.05) is 6.07 Å². The van der Waals surface area contributed by atoms with Gasteiger partial charge in [-0.15, -0.1) is 0 Å². The highest BCUT2D eigenvalue weighted by Crippen LogP contribution is 2.25. The van der Waals surface area contributed by atoms with Crippen LogP contribution in [0, 0.1) is 17.1 Å². The molecule has 2 aromatic rings. The monoisotopic (exact) mass is 318 g/mol. The molecule has 2 rings (SSSR count). The summed E-state index contributed by atoms with van der Waals surface area (Å²) in [5, 5.41) is 9.18. The van der Waals surface area contributed by atoms with Crippen LogP contribution in [-0.4, -0.2) is 10.8 Å². The number of rotatable bonds is 3. The van der Waals surface area contributed by atoms with Crippen LogP contribution in [0.2, 0.25) is 0 Å². The SMILES string of the molecule is N#CC(C(=O)c1ccc(F)cc1Br)c1ccncc1. The Balaban J connectivity index is 2.40. The van der Waals surface area contributed by atoms with Crippen LogP contribution >= 0.6 is 15.9 Å². The van der Waals surface area contributed by atoms with E-state index in [2.05, 4.69) is 20.9 Å². The molecular formula is C14H8BrFN2O. The van der Waals surface area contributed by atoms with Gasteiger partial charge in [-0.25, -0.2) is 4.39 Å². The fourth-order valence-corrected chi connectivity index (χ4v) is 2.23. The topological polar surface area (TPSA) is 53.8 Å². The highest BCUT2D eigenvalue weighted by atomic mass is 79.9. The zero-order chi connectivity index (χ0) is 13.8. The van der Waals surface area contributed by atoms with Crippen molar-refractivity contribution >= 4 is 21.7 Å². The molecule has 0 aliphatic rings. The number of halogens is 2. The molecule has 94 valence electrons. The number of hydrogen-bond acceptors (Lipinski definition) is 3. The van der Waals surface area contributed by atoms with Crippen LogP contribution in [0.4, 0.5) is 4.39 Å². The maximum atomic E-state index is 13.0. The quantitative estimate of drug-likeness (QED) is 0.814. The van der Waals surface area contributed by atoms with Gasteiger partial charge in [0.25, 0.3) is 0 Å². The third kappa shape index (κ3) is 2.85. The molecule has 3 nitrogen and oxygen atoms in total. The number of Topliss-reactive ketones (excluding diaryl/α,β-unsaturated/α-hetero) is 1. The van der Waals surface area contributed by atoms with Gasteiger partial charge in [-0.1, -0.05) is 0 Å². The van der Waals surface area contributed by atoms with Gasteiger partial charge in [-0.3, -0.25) is 9.78 Å². The molecule has 0 saturated carbocycles. The number of hydrogen-bond donors (Lipinski definition) is 0. The van der Waals surface area contributed by atoms with Crippen molar-refractivity contribution in [2.24, 2.45) is 0 Å². The molecule has 0 fully saturated rings. The van der Waals surface area contributed by atoms with Gasteiger partial charge in [0, 0.05) is 22.4 Å². The van der Waals surface area contributed by atoms with Gasteiger partial charge >= 0.3 is 0 Å². The predicted molar refractivity (Wildman–Crippen MR) is 71.0 cm³/mol. The number of pyridine rings is 1. The van der Waals surface area contributed by atoms with Crippen LogP contribution in [0.3, 0.4) is 0 Å². The van der Waals surface area contributed by atoms with Crippen molar-refractivity contribution in [2.75, 3.05) is 0 Å².